The van der Waals surface area contributed by atoms with Gasteiger partial charge in [0.2, 0.25) is 0 Å². The molecule has 28 heavy (non-hydrogen) atoms. The third-order valence-electron chi connectivity index (χ3n) is 4.42. The Morgan fingerprint density at radius 3 is 2.75 bits per heavy atom. The van der Waals surface area contributed by atoms with Crippen LogP contribution < -0.4 is 0 Å². The van der Waals surface area contributed by atoms with Crippen LogP contribution in [0.5, 0.6) is 0 Å². The third kappa shape index (κ3) is 3.38. The van der Waals surface area contributed by atoms with Crippen LogP contribution in [0.15, 0.2) is 59.7 Å². The van der Waals surface area contributed by atoms with E-state index in [9.17, 15) is 15.2 Å². The number of aliphatic hydroxyl groups is 1. The first-order valence-electron chi connectivity index (χ1n) is 8.41. The van der Waals surface area contributed by atoms with E-state index in [2.05, 4.69) is 4.98 Å². The van der Waals surface area contributed by atoms with Crippen LogP contribution in [0.1, 0.15) is 20.9 Å². The van der Waals surface area contributed by atoms with Crippen molar-refractivity contribution in [2.75, 3.05) is 0 Å². The topological polar surface area (TPSA) is 83.2 Å². The quantitative estimate of drug-likeness (QED) is 0.373. The minimum Gasteiger partial charge on any atom is -0.507 e. The highest BCUT2D eigenvalue weighted by atomic mass is 35.5. The SMILES string of the molecule is N#CC(=C(O)C1Cc2ccccc2C(=O)O1)c1nc(-c2ccc(Cl)cc2)cs1. The summed E-state index contributed by atoms with van der Waals surface area (Å²) < 4.78 is 5.35. The van der Waals surface area contributed by atoms with Crippen LogP contribution in [0, 0.1) is 11.3 Å². The number of hydrogen-bond acceptors (Lipinski definition) is 6. The number of ether oxygens (including phenoxy) is 1. The molecule has 0 aliphatic carbocycles. The van der Waals surface area contributed by atoms with Gasteiger partial charge in [0.25, 0.3) is 0 Å². The van der Waals surface area contributed by atoms with Crippen molar-refractivity contribution in [1.82, 2.24) is 4.98 Å². The summed E-state index contributed by atoms with van der Waals surface area (Å²) in [5.74, 6) is -0.806. The standard InChI is InChI=1S/C21H13ClN2O3S/c22-14-7-5-12(6-8-14)17-11-28-20(24-17)16(10-23)19(25)18-9-13-3-1-2-4-15(13)21(26)27-18/h1-8,11,18,25H,9H2. The molecule has 1 aliphatic heterocycles. The van der Waals surface area contributed by atoms with Crippen molar-refractivity contribution in [2.24, 2.45) is 0 Å². The van der Waals surface area contributed by atoms with Gasteiger partial charge in [-0.15, -0.1) is 11.3 Å². The summed E-state index contributed by atoms with van der Waals surface area (Å²) in [5.41, 5.74) is 2.77. The normalized spacial score (nSPS) is 16.6. The van der Waals surface area contributed by atoms with Crippen molar-refractivity contribution in [3.8, 4) is 17.3 Å². The van der Waals surface area contributed by atoms with Gasteiger partial charge in [0.15, 0.2) is 11.9 Å². The Kier molecular flexibility index (Phi) is 4.86. The second kappa shape index (κ2) is 7.47. The maximum Gasteiger partial charge on any atom is 0.339 e. The van der Waals surface area contributed by atoms with Crippen LogP contribution in [0.3, 0.4) is 0 Å². The molecular formula is C21H13ClN2O3S. The lowest BCUT2D eigenvalue weighted by atomic mass is 9.96. The van der Waals surface area contributed by atoms with Crippen molar-refractivity contribution in [3.05, 3.63) is 80.8 Å². The molecule has 0 fully saturated rings. The highest BCUT2D eigenvalue weighted by molar-refractivity contribution is 7.11. The summed E-state index contributed by atoms with van der Waals surface area (Å²) in [6.07, 6.45) is -0.617. The van der Waals surface area contributed by atoms with Gasteiger partial charge in [-0.3, -0.25) is 0 Å². The molecule has 3 aromatic rings. The van der Waals surface area contributed by atoms with Crippen LogP contribution in [-0.4, -0.2) is 22.2 Å². The summed E-state index contributed by atoms with van der Waals surface area (Å²) in [5, 5.41) is 23.1. The number of allylic oxidation sites excluding steroid dienone is 1. The van der Waals surface area contributed by atoms with Gasteiger partial charge in [-0.05, 0) is 23.8 Å². The van der Waals surface area contributed by atoms with E-state index in [1.165, 1.54) is 11.3 Å². The number of carbonyl (C=O) groups is 1. The fourth-order valence-corrected chi connectivity index (χ4v) is 3.96. The molecule has 5 nitrogen and oxygen atoms in total. The van der Waals surface area contributed by atoms with Crippen molar-refractivity contribution in [3.63, 3.8) is 0 Å². The van der Waals surface area contributed by atoms with E-state index in [0.717, 1.165) is 11.1 Å². The average Bonchev–Trinajstić information content (AvgIpc) is 3.19. The van der Waals surface area contributed by atoms with Crippen molar-refractivity contribution in [2.45, 2.75) is 12.5 Å². The van der Waals surface area contributed by atoms with Crippen LogP contribution in [-0.2, 0) is 11.2 Å². The highest BCUT2D eigenvalue weighted by Gasteiger charge is 2.31. The monoisotopic (exact) mass is 408 g/mol. The molecule has 0 spiro atoms. The molecule has 0 saturated carbocycles. The first-order chi connectivity index (χ1) is 13.6. The van der Waals surface area contributed by atoms with Gasteiger partial charge in [-0.25, -0.2) is 9.78 Å². The predicted octanol–water partition coefficient (Wildman–Crippen LogP) is 5.04. The lowest BCUT2D eigenvalue weighted by molar-refractivity contribution is 0.0251. The van der Waals surface area contributed by atoms with E-state index in [4.69, 9.17) is 16.3 Å². The largest absolute Gasteiger partial charge is 0.507 e. The molecule has 1 aliphatic rings. The number of aliphatic hydroxyl groups excluding tert-OH is 1. The van der Waals surface area contributed by atoms with Crippen LogP contribution >= 0.6 is 22.9 Å². The number of fused-ring (bicyclic) bond motifs is 1. The Bertz CT molecular complexity index is 1130. The second-order valence-corrected chi connectivity index (χ2v) is 7.47. The number of cyclic esters (lactones) is 1. The minimum atomic E-state index is -0.917. The van der Waals surface area contributed by atoms with E-state index in [-0.39, 0.29) is 11.3 Å². The molecular weight excluding hydrogens is 396 g/mol. The van der Waals surface area contributed by atoms with Gasteiger partial charge in [-0.1, -0.05) is 41.9 Å². The summed E-state index contributed by atoms with van der Waals surface area (Å²) in [7, 11) is 0. The predicted molar refractivity (Wildman–Crippen MR) is 107 cm³/mol. The molecule has 138 valence electrons. The molecule has 0 bridgehead atoms. The molecule has 1 atom stereocenters. The van der Waals surface area contributed by atoms with Gasteiger partial charge in [-0.2, -0.15) is 5.26 Å². The number of carbonyl (C=O) groups excluding carboxylic acids is 1. The van der Waals surface area contributed by atoms with Crippen LogP contribution in [0.25, 0.3) is 16.8 Å². The molecule has 4 rings (SSSR count). The first kappa shape index (κ1) is 18.2. The number of hydrogen-bond donors (Lipinski definition) is 1. The maximum absolute atomic E-state index is 12.2. The highest BCUT2D eigenvalue weighted by Crippen LogP contribution is 2.31. The molecule has 0 amide bonds. The smallest absolute Gasteiger partial charge is 0.339 e. The second-order valence-electron chi connectivity index (χ2n) is 6.17. The van der Waals surface area contributed by atoms with Crippen LogP contribution in [0.4, 0.5) is 0 Å². The maximum atomic E-state index is 12.2. The molecule has 1 N–H and O–H groups in total. The van der Waals surface area contributed by atoms with E-state index >= 15 is 0 Å². The minimum absolute atomic E-state index is 0.00222. The molecule has 1 unspecified atom stereocenters. The zero-order chi connectivity index (χ0) is 19.7. The number of benzene rings is 2. The van der Waals surface area contributed by atoms with Gasteiger partial charge in [0.1, 0.15) is 16.6 Å². The fraction of sp³-hybridized carbons (Fsp3) is 0.0952. The van der Waals surface area contributed by atoms with Gasteiger partial charge < -0.3 is 9.84 Å². The summed E-state index contributed by atoms with van der Waals surface area (Å²) in [4.78, 5) is 16.7. The number of halogens is 1. The molecule has 7 heteroatoms. The number of nitriles is 1. The van der Waals surface area contributed by atoms with E-state index in [1.807, 2.05) is 30.3 Å². The molecule has 1 aromatic heterocycles. The van der Waals surface area contributed by atoms with Crippen molar-refractivity contribution in [1.29, 1.82) is 5.26 Å². The Balaban J connectivity index is 1.67. The van der Waals surface area contributed by atoms with E-state index in [0.29, 0.717) is 27.7 Å². The zero-order valence-electron chi connectivity index (χ0n) is 14.4. The van der Waals surface area contributed by atoms with E-state index < -0.39 is 12.1 Å². The fourth-order valence-electron chi connectivity index (χ4n) is 3.00. The number of aromatic nitrogens is 1. The third-order valence-corrected chi connectivity index (χ3v) is 5.53. The van der Waals surface area contributed by atoms with Crippen molar-refractivity contribution < 1.29 is 14.6 Å². The lowest BCUT2D eigenvalue weighted by Gasteiger charge is -2.24. The van der Waals surface area contributed by atoms with Gasteiger partial charge >= 0.3 is 5.97 Å². The van der Waals surface area contributed by atoms with Gasteiger partial charge in [0.05, 0.1) is 11.3 Å². The molecule has 0 saturated heterocycles. The molecule has 2 aromatic carbocycles. The van der Waals surface area contributed by atoms with Gasteiger partial charge in [0, 0.05) is 22.4 Å². The Morgan fingerprint density at radius 2 is 2.00 bits per heavy atom. The van der Waals surface area contributed by atoms with Crippen molar-refractivity contribution >= 4 is 34.5 Å². The van der Waals surface area contributed by atoms with E-state index in [1.54, 1.807) is 29.6 Å². The summed E-state index contributed by atoms with van der Waals surface area (Å²) in [6.45, 7) is 0. The Hall–Kier alpha value is -3.14. The summed E-state index contributed by atoms with van der Waals surface area (Å²) in [6, 6.07) is 16.2. The summed E-state index contributed by atoms with van der Waals surface area (Å²) >= 11 is 7.14. The number of rotatable bonds is 3. The zero-order valence-corrected chi connectivity index (χ0v) is 16.0. The molecule has 0 radical (unpaired) electrons. The average molecular weight is 409 g/mol. The lowest BCUT2D eigenvalue weighted by Crippen LogP contribution is -2.29. The Labute approximate surface area is 170 Å². The number of esters is 1. The molecule has 2 heterocycles. The Morgan fingerprint density at radius 1 is 1.25 bits per heavy atom. The number of nitrogens with zero attached hydrogens (tertiary/aromatic N) is 2. The number of thiazole rings is 1. The van der Waals surface area contributed by atoms with Crippen LogP contribution in [0.2, 0.25) is 5.02 Å². The first-order valence-corrected chi connectivity index (χ1v) is 9.66.